The molecule has 5 nitrogen and oxygen atoms in total. The van der Waals surface area contributed by atoms with E-state index in [2.05, 4.69) is 0 Å². The van der Waals surface area contributed by atoms with Gasteiger partial charge in [0, 0.05) is 16.0 Å². The Labute approximate surface area is 206 Å². The minimum atomic E-state index is -0.475. The van der Waals surface area contributed by atoms with Crippen molar-refractivity contribution < 1.29 is 13.9 Å². The zero-order valence-electron chi connectivity index (χ0n) is 19.2. The number of halogens is 1. The van der Waals surface area contributed by atoms with E-state index in [1.807, 2.05) is 66.9 Å². The van der Waals surface area contributed by atoms with Crippen LogP contribution >= 0.6 is 11.8 Å². The molecule has 0 amide bonds. The topological polar surface area (TPSA) is 57.0 Å². The van der Waals surface area contributed by atoms with Gasteiger partial charge in [-0.05, 0) is 49.6 Å². The monoisotopic (exact) mass is 483 g/mol. The van der Waals surface area contributed by atoms with Gasteiger partial charge in [0.1, 0.15) is 17.1 Å². The highest BCUT2D eigenvalue weighted by atomic mass is 32.2. The second kappa shape index (κ2) is 9.72. The van der Waals surface area contributed by atoms with Gasteiger partial charge in [0.05, 0.1) is 23.4 Å². The first-order valence-corrected chi connectivity index (χ1v) is 12.4. The smallest absolute Gasteiger partial charge is 0.341 e. The van der Waals surface area contributed by atoms with Crippen LogP contribution < -0.4 is 0 Å². The Balaban J connectivity index is 1.93. The third-order valence-electron chi connectivity index (χ3n) is 5.62. The minimum Gasteiger partial charge on any atom is -0.462 e. The summed E-state index contributed by atoms with van der Waals surface area (Å²) >= 11 is 1.44. The lowest BCUT2D eigenvalue weighted by atomic mass is 10.0. The van der Waals surface area contributed by atoms with Crippen LogP contribution in [0.2, 0.25) is 0 Å². The van der Waals surface area contributed by atoms with Crippen molar-refractivity contribution >= 4 is 28.8 Å². The zero-order chi connectivity index (χ0) is 24.4. The summed E-state index contributed by atoms with van der Waals surface area (Å²) < 4.78 is 21.0. The van der Waals surface area contributed by atoms with Crippen molar-refractivity contribution in [1.82, 2.24) is 14.8 Å². The average Bonchev–Trinajstić information content (AvgIpc) is 3.28. The fraction of sp³-hybridized carbons (Fsp3) is 0.107. The van der Waals surface area contributed by atoms with E-state index in [0.717, 1.165) is 22.3 Å². The molecular weight excluding hydrogens is 461 g/mol. The number of benzene rings is 3. The number of carbonyl (C=O) groups excluding carboxylic acids is 1. The second-order valence-electron chi connectivity index (χ2n) is 7.76. The molecule has 7 heteroatoms. The molecule has 3 aromatic carbocycles. The van der Waals surface area contributed by atoms with Crippen LogP contribution in [0.15, 0.2) is 89.8 Å². The summed E-state index contributed by atoms with van der Waals surface area (Å²) in [5, 5.41) is 5.73. The van der Waals surface area contributed by atoms with Crippen LogP contribution in [0, 0.1) is 5.82 Å². The van der Waals surface area contributed by atoms with Crippen molar-refractivity contribution in [1.29, 1.82) is 0 Å². The highest BCUT2D eigenvalue weighted by Crippen LogP contribution is 2.41. The highest BCUT2D eigenvalue weighted by molar-refractivity contribution is 7.99. The first-order chi connectivity index (χ1) is 17.1. The zero-order valence-corrected chi connectivity index (χ0v) is 20.1. The van der Waals surface area contributed by atoms with Crippen molar-refractivity contribution in [3.8, 4) is 28.2 Å². The maximum atomic E-state index is 13.7. The number of ether oxygens (including phenoxy) is 1. The van der Waals surface area contributed by atoms with Gasteiger partial charge in [0.15, 0.2) is 5.65 Å². The first kappa shape index (κ1) is 22.8. The number of thioether (sulfide) groups is 1. The summed E-state index contributed by atoms with van der Waals surface area (Å²) in [4.78, 5) is 19.0. The maximum absolute atomic E-state index is 13.7. The number of hydrogen-bond acceptors (Lipinski definition) is 5. The molecule has 0 spiro atoms. The van der Waals surface area contributed by atoms with Gasteiger partial charge in [-0.15, -0.1) is 11.8 Å². The number of hydrogen-bond donors (Lipinski definition) is 0. The number of carbonyl (C=O) groups is 1. The van der Waals surface area contributed by atoms with Crippen molar-refractivity contribution in [2.24, 2.45) is 0 Å². The quantitative estimate of drug-likeness (QED) is 0.197. The lowest BCUT2D eigenvalue weighted by molar-refractivity contribution is 0.0523. The van der Waals surface area contributed by atoms with Crippen molar-refractivity contribution in [2.45, 2.75) is 11.8 Å². The average molecular weight is 484 g/mol. The summed E-state index contributed by atoms with van der Waals surface area (Å²) in [5.41, 5.74) is 4.47. The fourth-order valence-corrected chi connectivity index (χ4v) is 4.85. The molecule has 0 saturated carbocycles. The van der Waals surface area contributed by atoms with Gasteiger partial charge in [-0.3, -0.25) is 0 Å². The largest absolute Gasteiger partial charge is 0.462 e. The molecule has 0 aliphatic carbocycles. The number of aromatic nitrogens is 3. The van der Waals surface area contributed by atoms with Crippen LogP contribution in [-0.2, 0) is 4.74 Å². The van der Waals surface area contributed by atoms with Gasteiger partial charge >= 0.3 is 5.97 Å². The number of nitrogens with zero attached hydrogens (tertiary/aromatic N) is 3. The van der Waals surface area contributed by atoms with Gasteiger partial charge in [-0.1, -0.05) is 48.5 Å². The van der Waals surface area contributed by atoms with Gasteiger partial charge in [-0.25, -0.2) is 18.9 Å². The van der Waals surface area contributed by atoms with E-state index in [4.69, 9.17) is 14.8 Å². The predicted molar refractivity (Wildman–Crippen MR) is 137 cm³/mol. The molecule has 0 atom stereocenters. The van der Waals surface area contributed by atoms with Crippen LogP contribution in [0.4, 0.5) is 4.39 Å². The fourth-order valence-electron chi connectivity index (χ4n) is 4.08. The first-order valence-electron chi connectivity index (χ1n) is 11.2. The minimum absolute atomic E-state index is 0.225. The number of fused-ring (bicyclic) bond motifs is 1. The van der Waals surface area contributed by atoms with E-state index in [1.54, 1.807) is 23.7 Å². The summed E-state index contributed by atoms with van der Waals surface area (Å²) in [6.45, 7) is 1.99. The second-order valence-corrected chi connectivity index (χ2v) is 8.57. The Hall–Kier alpha value is -3.97. The molecular formula is C28H22FN3O2S. The number of para-hydroxylation sites is 1. The Bertz CT molecular complexity index is 1500. The van der Waals surface area contributed by atoms with Gasteiger partial charge in [0.25, 0.3) is 0 Å². The molecule has 0 N–H and O–H groups in total. The maximum Gasteiger partial charge on any atom is 0.341 e. The lowest BCUT2D eigenvalue weighted by Crippen LogP contribution is -2.11. The third kappa shape index (κ3) is 4.19. The third-order valence-corrected chi connectivity index (χ3v) is 6.44. The molecule has 2 heterocycles. The molecule has 5 rings (SSSR count). The summed E-state index contributed by atoms with van der Waals surface area (Å²) in [7, 11) is 0. The molecule has 174 valence electrons. The van der Waals surface area contributed by atoms with E-state index < -0.39 is 5.97 Å². The number of esters is 1. The molecule has 0 fully saturated rings. The number of rotatable bonds is 6. The SMILES string of the molecule is CCOC(=O)c1c(-c2ccc(F)cc2)nc2c(c(-c3ccccc3)nn2-c2ccccc2)c1SC. The van der Waals surface area contributed by atoms with Crippen molar-refractivity contribution in [2.75, 3.05) is 12.9 Å². The van der Waals surface area contributed by atoms with Crippen LogP contribution in [0.1, 0.15) is 17.3 Å². The van der Waals surface area contributed by atoms with E-state index in [-0.39, 0.29) is 12.4 Å². The van der Waals surface area contributed by atoms with Crippen LogP contribution in [0.25, 0.3) is 39.2 Å². The molecule has 0 aliphatic heterocycles. The van der Waals surface area contributed by atoms with Crippen LogP contribution in [-0.4, -0.2) is 33.6 Å². The Morgan fingerprint density at radius 3 is 2.17 bits per heavy atom. The molecule has 0 radical (unpaired) electrons. The molecule has 35 heavy (non-hydrogen) atoms. The number of pyridine rings is 1. The van der Waals surface area contributed by atoms with E-state index in [1.165, 1.54) is 23.9 Å². The van der Waals surface area contributed by atoms with Crippen molar-refractivity contribution in [3.05, 3.63) is 96.3 Å². The molecule has 0 aliphatic rings. The van der Waals surface area contributed by atoms with Gasteiger partial charge < -0.3 is 4.74 Å². The Morgan fingerprint density at radius 2 is 1.54 bits per heavy atom. The van der Waals surface area contributed by atoms with Gasteiger partial charge in [0.2, 0.25) is 0 Å². The predicted octanol–water partition coefficient (Wildman–Crippen LogP) is 6.79. The van der Waals surface area contributed by atoms with E-state index in [0.29, 0.717) is 27.4 Å². The summed E-state index contributed by atoms with van der Waals surface area (Å²) in [6.07, 6.45) is 1.92. The molecule has 5 aromatic rings. The van der Waals surface area contributed by atoms with Crippen LogP contribution in [0.5, 0.6) is 0 Å². The molecule has 0 unspecified atom stereocenters. The summed E-state index contributed by atoms with van der Waals surface area (Å²) in [6, 6.07) is 25.5. The lowest BCUT2D eigenvalue weighted by Gasteiger charge is -2.15. The normalized spacial score (nSPS) is 11.1. The Kier molecular flexibility index (Phi) is 6.33. The van der Waals surface area contributed by atoms with Crippen molar-refractivity contribution in [3.63, 3.8) is 0 Å². The van der Waals surface area contributed by atoms with Gasteiger partial charge in [-0.2, -0.15) is 5.10 Å². The molecule has 2 aromatic heterocycles. The van der Waals surface area contributed by atoms with E-state index >= 15 is 0 Å². The summed E-state index contributed by atoms with van der Waals surface area (Å²) in [5.74, 6) is -0.838. The molecule has 0 bridgehead atoms. The highest BCUT2D eigenvalue weighted by Gasteiger charge is 2.28. The van der Waals surface area contributed by atoms with E-state index in [9.17, 15) is 9.18 Å². The van der Waals surface area contributed by atoms with Crippen LogP contribution in [0.3, 0.4) is 0 Å². The molecule has 0 saturated heterocycles. The standard InChI is InChI=1S/C28H22FN3O2S/c1-3-34-28(33)23-24(19-14-16-20(29)17-15-19)30-27-22(26(23)35-2)25(18-10-6-4-7-11-18)31-32(27)21-12-8-5-9-13-21/h4-17H,3H2,1-2H3. The Morgan fingerprint density at radius 1 is 0.914 bits per heavy atom.